The van der Waals surface area contributed by atoms with E-state index in [0.717, 1.165) is 38.5 Å². The molecule has 0 aliphatic heterocycles. The van der Waals surface area contributed by atoms with Gasteiger partial charge in [-0.3, -0.25) is 14.6 Å². The van der Waals surface area contributed by atoms with E-state index >= 15 is 0 Å². The van der Waals surface area contributed by atoms with E-state index in [4.69, 9.17) is 0 Å². The molecule has 0 aromatic carbocycles. The predicted molar refractivity (Wildman–Crippen MR) is 129 cm³/mol. The number of aromatic amines is 1. The number of nitrogens with zero attached hydrogens (tertiary/aromatic N) is 1. The monoisotopic (exact) mass is 440 g/mol. The fraction of sp³-hybridized carbons (Fsp3) is 0.346. The maximum Gasteiger partial charge on any atom is 0.335 e. The summed E-state index contributed by atoms with van der Waals surface area (Å²) in [7, 11) is 0. The van der Waals surface area contributed by atoms with Crippen molar-refractivity contribution in [3.05, 3.63) is 106 Å². The number of hydrogen-bond acceptors (Lipinski definition) is 3. The average Bonchev–Trinajstić information content (AvgIpc) is 2.77. The van der Waals surface area contributed by atoms with E-state index < -0.39 is 23.0 Å². The Morgan fingerprint density at radius 1 is 0.812 bits per heavy atom. The Kier molecular flexibility index (Phi) is 14.6. The topological polar surface area (TPSA) is 71.9 Å². The second-order valence-corrected chi connectivity index (χ2v) is 6.95. The number of rotatable bonds is 14. The van der Waals surface area contributed by atoms with Crippen molar-refractivity contribution in [2.45, 2.75) is 58.3 Å². The number of hydrogen-bond donors (Lipinski definition) is 1. The molecule has 1 heterocycles. The molecular formula is C26H33FN2O3. The molecule has 1 aromatic rings. The first-order chi connectivity index (χ1) is 15.6. The Morgan fingerprint density at radius 2 is 1.25 bits per heavy atom. The van der Waals surface area contributed by atoms with Crippen molar-refractivity contribution in [3.8, 4) is 0 Å². The van der Waals surface area contributed by atoms with Crippen molar-refractivity contribution in [2.24, 2.45) is 0 Å². The highest BCUT2D eigenvalue weighted by Crippen LogP contribution is 1.99. The van der Waals surface area contributed by atoms with E-state index in [-0.39, 0.29) is 6.42 Å². The zero-order valence-corrected chi connectivity index (χ0v) is 18.7. The van der Waals surface area contributed by atoms with Crippen LogP contribution in [0, 0.1) is 5.82 Å². The van der Waals surface area contributed by atoms with Crippen molar-refractivity contribution in [1.29, 1.82) is 0 Å². The molecule has 0 unspecified atom stereocenters. The molecule has 1 rings (SSSR count). The van der Waals surface area contributed by atoms with Crippen molar-refractivity contribution >= 4 is 5.91 Å². The fourth-order valence-electron chi connectivity index (χ4n) is 2.60. The molecule has 0 saturated carbocycles. The summed E-state index contributed by atoms with van der Waals surface area (Å²) in [6, 6.07) is 0. The SMILES string of the molecule is CCC=CCC=CCC=CCC=CCC=CCC=CCCC(=O)n1cc(F)c(=O)[nH]c1=O. The van der Waals surface area contributed by atoms with Crippen molar-refractivity contribution < 1.29 is 9.18 Å². The minimum atomic E-state index is -1.16. The van der Waals surface area contributed by atoms with Crippen molar-refractivity contribution in [1.82, 2.24) is 9.55 Å². The first kappa shape index (κ1) is 26.8. The van der Waals surface area contributed by atoms with Gasteiger partial charge in [-0.1, -0.05) is 79.8 Å². The standard InChI is InChI=1S/C26H33FN2O3/c1-2-3-4-5-6-7-8-9-10-11-12-13-14-15-16-17-18-19-20-21-24(30)29-22-23(27)25(31)28-26(29)32/h3-4,6-7,9-10,12-13,15-16,18-19,22H,2,5,8,11,14,17,20-21H2,1H3,(H,28,31,32). The second kappa shape index (κ2) is 17.4. The largest absolute Gasteiger partial charge is 0.335 e. The first-order valence-electron chi connectivity index (χ1n) is 11.0. The van der Waals surface area contributed by atoms with Gasteiger partial charge in [0.15, 0.2) is 0 Å². The van der Waals surface area contributed by atoms with E-state index in [1.807, 2.05) is 18.2 Å². The van der Waals surface area contributed by atoms with Crippen LogP contribution in [0.2, 0.25) is 0 Å². The molecule has 0 atom stereocenters. The van der Waals surface area contributed by atoms with Gasteiger partial charge >= 0.3 is 5.69 Å². The third kappa shape index (κ3) is 12.4. The third-order valence-corrected chi connectivity index (χ3v) is 4.29. The Labute approximate surface area is 189 Å². The van der Waals surface area contributed by atoms with Crippen LogP contribution in [0.25, 0.3) is 0 Å². The Balaban J connectivity index is 2.13. The van der Waals surface area contributed by atoms with Crippen molar-refractivity contribution in [2.75, 3.05) is 0 Å². The summed E-state index contributed by atoms with van der Waals surface area (Å²) < 4.78 is 13.8. The molecule has 0 fully saturated rings. The summed E-state index contributed by atoms with van der Waals surface area (Å²) >= 11 is 0. The number of halogens is 1. The molecule has 0 saturated heterocycles. The number of nitrogens with one attached hydrogen (secondary N) is 1. The summed E-state index contributed by atoms with van der Waals surface area (Å²) in [4.78, 5) is 36.2. The average molecular weight is 441 g/mol. The van der Waals surface area contributed by atoms with Crippen LogP contribution >= 0.6 is 0 Å². The Hall–Kier alpha value is -3.28. The van der Waals surface area contributed by atoms with E-state index in [1.165, 1.54) is 0 Å². The number of carbonyl (C=O) groups excluding carboxylic acids is 1. The number of carbonyl (C=O) groups is 1. The molecule has 172 valence electrons. The molecule has 1 aromatic heterocycles. The highest BCUT2D eigenvalue weighted by atomic mass is 19.1. The molecule has 0 radical (unpaired) electrons. The van der Waals surface area contributed by atoms with E-state index in [2.05, 4.69) is 61.6 Å². The van der Waals surface area contributed by atoms with Gasteiger partial charge in [-0.25, -0.2) is 9.36 Å². The molecule has 5 nitrogen and oxygen atoms in total. The van der Waals surface area contributed by atoms with E-state index in [1.54, 1.807) is 4.98 Å². The van der Waals surface area contributed by atoms with Crippen molar-refractivity contribution in [3.63, 3.8) is 0 Å². The lowest BCUT2D eigenvalue weighted by Gasteiger charge is -2.01. The van der Waals surface area contributed by atoms with Gasteiger partial charge in [0.2, 0.25) is 11.7 Å². The van der Waals surface area contributed by atoms with E-state index in [0.29, 0.717) is 17.2 Å². The summed E-state index contributed by atoms with van der Waals surface area (Å²) in [5.41, 5.74) is -2.06. The maximum atomic E-state index is 13.2. The van der Waals surface area contributed by atoms with Crippen LogP contribution in [0.15, 0.2) is 88.7 Å². The van der Waals surface area contributed by atoms with Crippen LogP contribution in [-0.2, 0) is 0 Å². The van der Waals surface area contributed by atoms with Gasteiger partial charge < -0.3 is 0 Å². The lowest BCUT2D eigenvalue weighted by atomic mass is 10.2. The van der Waals surface area contributed by atoms with Gasteiger partial charge in [-0.2, -0.15) is 4.39 Å². The van der Waals surface area contributed by atoms with E-state index in [9.17, 15) is 18.8 Å². The molecule has 0 aliphatic carbocycles. The third-order valence-electron chi connectivity index (χ3n) is 4.29. The second-order valence-electron chi connectivity index (χ2n) is 6.95. The minimum absolute atomic E-state index is 0.0492. The summed E-state index contributed by atoms with van der Waals surface area (Å²) in [5, 5.41) is 0. The molecule has 0 spiro atoms. The summed E-state index contributed by atoms with van der Waals surface area (Å²) in [6.45, 7) is 2.13. The molecule has 32 heavy (non-hydrogen) atoms. The van der Waals surface area contributed by atoms with Gasteiger partial charge in [0.25, 0.3) is 5.56 Å². The van der Waals surface area contributed by atoms with Crippen LogP contribution in [-0.4, -0.2) is 15.5 Å². The number of aromatic nitrogens is 2. The summed E-state index contributed by atoms with van der Waals surface area (Å²) in [5.74, 6) is -1.73. The smallest absolute Gasteiger partial charge is 0.274 e. The van der Waals surface area contributed by atoms with Gasteiger partial charge in [0.05, 0.1) is 6.20 Å². The minimum Gasteiger partial charge on any atom is -0.274 e. The Bertz CT molecular complexity index is 976. The van der Waals surface area contributed by atoms with Crippen LogP contribution in [0.3, 0.4) is 0 Å². The highest BCUT2D eigenvalue weighted by molar-refractivity contribution is 5.78. The summed E-state index contributed by atoms with van der Waals surface area (Å²) in [6.07, 6.45) is 31.9. The molecule has 0 bridgehead atoms. The van der Waals surface area contributed by atoms with Crippen LogP contribution in [0.5, 0.6) is 0 Å². The van der Waals surface area contributed by atoms with Crippen LogP contribution in [0.1, 0.15) is 63.1 Å². The number of allylic oxidation sites excluding steroid dienone is 12. The molecule has 0 amide bonds. The lowest BCUT2D eigenvalue weighted by Crippen LogP contribution is -2.34. The lowest BCUT2D eigenvalue weighted by molar-refractivity contribution is 0.0896. The van der Waals surface area contributed by atoms with Gasteiger partial charge in [0, 0.05) is 6.42 Å². The predicted octanol–water partition coefficient (Wildman–Crippen LogP) is 5.79. The number of H-pyrrole nitrogens is 1. The Morgan fingerprint density at radius 3 is 1.72 bits per heavy atom. The molecular weight excluding hydrogens is 407 g/mol. The highest BCUT2D eigenvalue weighted by Gasteiger charge is 2.09. The first-order valence-corrected chi connectivity index (χ1v) is 11.0. The molecule has 6 heteroatoms. The van der Waals surface area contributed by atoms with Crippen LogP contribution < -0.4 is 11.2 Å². The zero-order valence-electron chi connectivity index (χ0n) is 18.7. The normalized spacial score (nSPS) is 12.7. The molecule has 1 N–H and O–H groups in total. The van der Waals surface area contributed by atoms with Gasteiger partial charge in [-0.15, -0.1) is 0 Å². The van der Waals surface area contributed by atoms with Crippen LogP contribution in [0.4, 0.5) is 4.39 Å². The van der Waals surface area contributed by atoms with Gasteiger partial charge in [-0.05, 0) is 44.9 Å². The van der Waals surface area contributed by atoms with Gasteiger partial charge in [0.1, 0.15) is 0 Å². The molecule has 0 aliphatic rings. The fourth-order valence-corrected chi connectivity index (χ4v) is 2.60. The maximum absolute atomic E-state index is 13.2. The quantitative estimate of drug-likeness (QED) is 0.372. The zero-order chi connectivity index (χ0) is 23.4.